The third-order valence-electron chi connectivity index (χ3n) is 6.83. The first-order chi connectivity index (χ1) is 15.1. The summed E-state index contributed by atoms with van der Waals surface area (Å²) in [7, 11) is 0. The van der Waals surface area contributed by atoms with E-state index in [1.165, 1.54) is 22.3 Å². The summed E-state index contributed by atoms with van der Waals surface area (Å²) in [4.78, 5) is 14.5. The van der Waals surface area contributed by atoms with Crippen LogP contribution in [0.5, 0.6) is 0 Å². The second kappa shape index (κ2) is 7.86. The van der Waals surface area contributed by atoms with Crippen LogP contribution in [0.3, 0.4) is 0 Å². The number of aryl methyl sites for hydroxylation is 1. The molecule has 0 unspecified atom stereocenters. The molecule has 5 rings (SSSR count). The molecule has 1 fully saturated rings. The molecule has 3 aromatic rings. The lowest BCUT2D eigenvalue weighted by atomic mass is 9.82. The van der Waals surface area contributed by atoms with E-state index in [4.69, 9.17) is 4.74 Å². The number of aliphatic hydroxyl groups is 1. The number of rotatable bonds is 3. The molecule has 31 heavy (non-hydrogen) atoms. The van der Waals surface area contributed by atoms with Gasteiger partial charge < -0.3 is 14.7 Å². The molecular formula is C27H27NO3. The molecule has 158 valence electrons. The zero-order valence-electron chi connectivity index (χ0n) is 17.8. The Morgan fingerprint density at radius 1 is 0.935 bits per heavy atom. The van der Waals surface area contributed by atoms with Crippen LogP contribution in [0.4, 0.5) is 4.79 Å². The summed E-state index contributed by atoms with van der Waals surface area (Å²) in [5.74, 6) is 0.0602. The normalized spacial score (nSPS) is 17.2. The lowest BCUT2D eigenvalue weighted by molar-refractivity contribution is -0.0254. The molecule has 4 nitrogen and oxygen atoms in total. The number of carbonyl (C=O) groups excluding carboxylic acids is 1. The summed E-state index contributed by atoms with van der Waals surface area (Å²) in [6.07, 6.45) is 0.734. The fourth-order valence-corrected chi connectivity index (χ4v) is 5.11. The van der Waals surface area contributed by atoms with Crippen LogP contribution in [0.25, 0.3) is 11.1 Å². The van der Waals surface area contributed by atoms with Crippen molar-refractivity contribution in [2.75, 3.05) is 19.7 Å². The van der Waals surface area contributed by atoms with E-state index in [0.29, 0.717) is 32.5 Å². The van der Waals surface area contributed by atoms with Crippen LogP contribution in [0.15, 0.2) is 72.8 Å². The van der Waals surface area contributed by atoms with E-state index in [1.807, 2.05) is 55.5 Å². The molecule has 0 spiro atoms. The highest BCUT2D eigenvalue weighted by Gasteiger charge is 2.37. The number of nitrogens with zero attached hydrogens (tertiary/aromatic N) is 1. The van der Waals surface area contributed by atoms with Gasteiger partial charge in [-0.2, -0.15) is 0 Å². The summed E-state index contributed by atoms with van der Waals surface area (Å²) >= 11 is 0. The van der Waals surface area contributed by atoms with Crippen LogP contribution < -0.4 is 0 Å². The third kappa shape index (κ3) is 3.51. The average Bonchev–Trinajstić information content (AvgIpc) is 3.12. The van der Waals surface area contributed by atoms with Gasteiger partial charge in [-0.15, -0.1) is 0 Å². The van der Waals surface area contributed by atoms with E-state index in [9.17, 15) is 9.90 Å². The lowest BCUT2D eigenvalue weighted by Crippen LogP contribution is -2.45. The molecule has 1 aliphatic heterocycles. The van der Waals surface area contributed by atoms with Gasteiger partial charge >= 0.3 is 6.09 Å². The number of amides is 1. The van der Waals surface area contributed by atoms with Gasteiger partial charge in [0.1, 0.15) is 6.61 Å². The van der Waals surface area contributed by atoms with E-state index in [0.717, 1.165) is 11.1 Å². The zero-order chi connectivity index (χ0) is 21.4. The van der Waals surface area contributed by atoms with Crippen LogP contribution in [-0.2, 0) is 10.3 Å². The largest absolute Gasteiger partial charge is 0.448 e. The van der Waals surface area contributed by atoms with Gasteiger partial charge in [-0.1, -0.05) is 72.8 Å². The smallest absolute Gasteiger partial charge is 0.409 e. The standard InChI is InChI=1S/C27H27NO3/c1-19-8-2-7-13-25(19)27(30)14-16-28(17-15-27)26(29)31-18-24-22-11-5-3-9-20(22)21-10-4-6-12-23(21)24/h2-13,24,30H,14-18H2,1H3. The summed E-state index contributed by atoms with van der Waals surface area (Å²) in [5.41, 5.74) is 6.03. The second-order valence-electron chi connectivity index (χ2n) is 8.64. The molecule has 3 aromatic carbocycles. The molecule has 1 heterocycles. The number of piperidine rings is 1. The van der Waals surface area contributed by atoms with Gasteiger partial charge in [-0.05, 0) is 53.1 Å². The molecule has 0 saturated carbocycles. The number of carbonyl (C=O) groups is 1. The van der Waals surface area contributed by atoms with Crippen molar-refractivity contribution >= 4 is 6.09 Å². The first kappa shape index (κ1) is 19.8. The number of fused-ring (bicyclic) bond motifs is 3. The first-order valence-electron chi connectivity index (χ1n) is 11.0. The van der Waals surface area contributed by atoms with E-state index in [2.05, 4.69) is 24.3 Å². The quantitative estimate of drug-likeness (QED) is 0.640. The highest BCUT2D eigenvalue weighted by atomic mass is 16.6. The predicted molar refractivity (Wildman–Crippen MR) is 121 cm³/mol. The molecule has 1 aliphatic carbocycles. The minimum absolute atomic E-state index is 0.0602. The van der Waals surface area contributed by atoms with Crippen molar-refractivity contribution < 1.29 is 14.6 Å². The SMILES string of the molecule is Cc1ccccc1C1(O)CCN(C(=O)OCC2c3ccccc3-c3ccccc32)CC1. The molecule has 1 amide bonds. The highest BCUT2D eigenvalue weighted by molar-refractivity contribution is 5.79. The van der Waals surface area contributed by atoms with Crippen LogP contribution in [0.2, 0.25) is 0 Å². The van der Waals surface area contributed by atoms with Gasteiger partial charge in [0.2, 0.25) is 0 Å². The summed E-state index contributed by atoms with van der Waals surface area (Å²) in [6, 6.07) is 24.6. The number of ether oxygens (including phenoxy) is 1. The molecule has 1 saturated heterocycles. The Bertz CT molecular complexity index is 1070. The number of likely N-dealkylation sites (tertiary alicyclic amines) is 1. The molecule has 1 N–H and O–H groups in total. The van der Waals surface area contributed by atoms with Crippen LogP contribution in [0, 0.1) is 6.92 Å². The molecule has 0 radical (unpaired) electrons. The maximum Gasteiger partial charge on any atom is 0.409 e. The predicted octanol–water partition coefficient (Wildman–Crippen LogP) is 5.23. The molecule has 0 bridgehead atoms. The monoisotopic (exact) mass is 413 g/mol. The Labute approximate surface area is 183 Å². The topological polar surface area (TPSA) is 49.8 Å². The summed E-state index contributed by atoms with van der Waals surface area (Å²) < 4.78 is 5.78. The third-order valence-corrected chi connectivity index (χ3v) is 6.83. The zero-order valence-corrected chi connectivity index (χ0v) is 17.8. The van der Waals surface area contributed by atoms with Gasteiger partial charge in [0.15, 0.2) is 0 Å². The minimum atomic E-state index is -0.883. The average molecular weight is 414 g/mol. The van der Waals surface area contributed by atoms with Crippen LogP contribution in [0.1, 0.15) is 41.0 Å². The summed E-state index contributed by atoms with van der Waals surface area (Å²) in [5, 5.41) is 11.2. The van der Waals surface area contributed by atoms with E-state index >= 15 is 0 Å². The highest BCUT2D eigenvalue weighted by Crippen LogP contribution is 2.44. The van der Waals surface area contributed by atoms with Gasteiger partial charge in [-0.25, -0.2) is 4.79 Å². The van der Waals surface area contributed by atoms with Gasteiger partial charge in [0, 0.05) is 19.0 Å². The van der Waals surface area contributed by atoms with Crippen molar-refractivity contribution in [1.29, 1.82) is 0 Å². The number of benzene rings is 3. The van der Waals surface area contributed by atoms with E-state index in [-0.39, 0.29) is 12.0 Å². The molecule has 2 aliphatic rings. The Kier molecular flexibility index (Phi) is 5.03. The maximum atomic E-state index is 12.8. The minimum Gasteiger partial charge on any atom is -0.448 e. The number of hydrogen-bond acceptors (Lipinski definition) is 3. The van der Waals surface area contributed by atoms with Crippen LogP contribution >= 0.6 is 0 Å². The molecule has 0 aromatic heterocycles. The van der Waals surface area contributed by atoms with Crippen molar-refractivity contribution in [1.82, 2.24) is 4.90 Å². The van der Waals surface area contributed by atoms with Crippen molar-refractivity contribution in [3.05, 3.63) is 95.1 Å². The van der Waals surface area contributed by atoms with E-state index < -0.39 is 5.60 Å². The fraction of sp³-hybridized carbons (Fsp3) is 0.296. The Morgan fingerprint density at radius 2 is 1.48 bits per heavy atom. The van der Waals surface area contributed by atoms with Crippen molar-refractivity contribution in [3.8, 4) is 11.1 Å². The van der Waals surface area contributed by atoms with Crippen molar-refractivity contribution in [3.63, 3.8) is 0 Å². The molecule has 0 atom stereocenters. The van der Waals surface area contributed by atoms with Gasteiger partial charge in [0.05, 0.1) is 5.60 Å². The Morgan fingerprint density at radius 3 is 2.10 bits per heavy atom. The summed E-state index contributed by atoms with van der Waals surface area (Å²) in [6.45, 7) is 3.32. The van der Waals surface area contributed by atoms with Crippen molar-refractivity contribution in [2.45, 2.75) is 31.3 Å². The molecule has 4 heteroatoms. The maximum absolute atomic E-state index is 12.8. The second-order valence-corrected chi connectivity index (χ2v) is 8.64. The molecular weight excluding hydrogens is 386 g/mol. The first-order valence-corrected chi connectivity index (χ1v) is 11.0. The Balaban J connectivity index is 1.25. The fourth-order valence-electron chi connectivity index (χ4n) is 5.11. The van der Waals surface area contributed by atoms with Gasteiger partial charge in [-0.3, -0.25) is 0 Å². The Hall–Kier alpha value is -3.11. The van der Waals surface area contributed by atoms with Crippen molar-refractivity contribution in [2.24, 2.45) is 0 Å². The van der Waals surface area contributed by atoms with E-state index in [1.54, 1.807) is 4.90 Å². The van der Waals surface area contributed by atoms with Gasteiger partial charge in [0.25, 0.3) is 0 Å². The number of hydrogen-bond donors (Lipinski definition) is 1. The van der Waals surface area contributed by atoms with Crippen LogP contribution in [-0.4, -0.2) is 35.8 Å². The lowest BCUT2D eigenvalue weighted by Gasteiger charge is -2.38.